The Morgan fingerprint density at radius 2 is 1.73 bits per heavy atom. The fourth-order valence-corrected chi connectivity index (χ4v) is 5.27. The summed E-state index contributed by atoms with van der Waals surface area (Å²) in [4.78, 5) is 21.7. The van der Waals surface area contributed by atoms with Crippen molar-refractivity contribution in [3.8, 4) is 0 Å². The monoisotopic (exact) mass is 379 g/mol. The third kappa shape index (κ3) is 4.73. The molecule has 142 valence electrons. The van der Waals surface area contributed by atoms with Crippen molar-refractivity contribution in [2.45, 2.75) is 68.7 Å². The van der Waals surface area contributed by atoms with Crippen molar-refractivity contribution in [3.63, 3.8) is 0 Å². The summed E-state index contributed by atoms with van der Waals surface area (Å²) in [5.41, 5.74) is -0.412. The second kappa shape index (κ2) is 8.81. The molecule has 1 heterocycles. The van der Waals surface area contributed by atoms with Crippen LogP contribution in [0.25, 0.3) is 0 Å². The van der Waals surface area contributed by atoms with Crippen LogP contribution in [0.4, 0.5) is 11.4 Å². The SMILES string of the molecule is O=[N+]([O-])c1ccc(SN2CCCC[C@H]2CC2CCCCC2)c([N+](=O)[O-])c1. The highest BCUT2D eigenvalue weighted by molar-refractivity contribution is 7.97. The van der Waals surface area contributed by atoms with E-state index in [4.69, 9.17) is 0 Å². The average molecular weight is 379 g/mol. The van der Waals surface area contributed by atoms with Crippen LogP contribution in [0.2, 0.25) is 0 Å². The van der Waals surface area contributed by atoms with Crippen molar-refractivity contribution >= 4 is 23.3 Å². The highest BCUT2D eigenvalue weighted by Crippen LogP contribution is 2.40. The molecule has 3 rings (SSSR count). The van der Waals surface area contributed by atoms with Gasteiger partial charge in [-0.2, -0.15) is 0 Å². The molecule has 2 fully saturated rings. The topological polar surface area (TPSA) is 89.5 Å². The molecule has 1 aliphatic heterocycles. The first-order valence-corrected chi connectivity index (χ1v) is 10.2. The van der Waals surface area contributed by atoms with E-state index in [0.29, 0.717) is 10.9 Å². The largest absolute Gasteiger partial charge is 0.291 e. The fourth-order valence-electron chi connectivity index (χ4n) is 4.10. The molecule has 1 atom stereocenters. The zero-order valence-corrected chi connectivity index (χ0v) is 15.7. The normalized spacial score (nSPS) is 22.2. The Morgan fingerprint density at radius 1 is 1.00 bits per heavy atom. The summed E-state index contributed by atoms with van der Waals surface area (Å²) in [6.07, 6.45) is 11.2. The number of benzene rings is 1. The highest BCUT2D eigenvalue weighted by atomic mass is 32.2. The molecule has 1 aromatic rings. The maximum absolute atomic E-state index is 11.4. The zero-order chi connectivity index (χ0) is 18.5. The van der Waals surface area contributed by atoms with Crippen LogP contribution in [0.15, 0.2) is 23.1 Å². The van der Waals surface area contributed by atoms with Gasteiger partial charge >= 0.3 is 0 Å². The zero-order valence-electron chi connectivity index (χ0n) is 14.8. The summed E-state index contributed by atoms with van der Waals surface area (Å²) in [5.74, 6) is 0.766. The molecule has 0 bridgehead atoms. The van der Waals surface area contributed by atoms with E-state index in [0.717, 1.165) is 37.8 Å². The van der Waals surface area contributed by atoms with Crippen molar-refractivity contribution in [2.24, 2.45) is 5.92 Å². The molecule has 26 heavy (non-hydrogen) atoms. The van der Waals surface area contributed by atoms with Gasteiger partial charge < -0.3 is 0 Å². The third-order valence-electron chi connectivity index (χ3n) is 5.47. The number of hydrogen-bond donors (Lipinski definition) is 0. The molecular formula is C18H25N3O4S. The van der Waals surface area contributed by atoms with Crippen molar-refractivity contribution in [1.29, 1.82) is 0 Å². The van der Waals surface area contributed by atoms with Crippen molar-refractivity contribution in [3.05, 3.63) is 38.4 Å². The third-order valence-corrected chi connectivity index (χ3v) is 6.73. The Bertz CT molecular complexity index is 664. The van der Waals surface area contributed by atoms with Gasteiger partial charge in [0.1, 0.15) is 4.90 Å². The maximum atomic E-state index is 11.4. The lowest BCUT2D eigenvalue weighted by atomic mass is 9.83. The molecule has 1 saturated heterocycles. The minimum atomic E-state index is -0.589. The number of non-ortho nitro benzene ring substituents is 1. The standard InChI is InChI=1S/C18H25N3O4S/c22-20(23)16-9-10-18(17(13-16)21(24)25)26-19-11-5-4-8-15(19)12-14-6-2-1-3-7-14/h9-10,13-15H,1-8,11-12H2/t15-/m0/s1. The smallest absolute Gasteiger partial charge is 0.258 e. The van der Waals surface area contributed by atoms with Crippen molar-refractivity contribution in [2.75, 3.05) is 6.54 Å². The van der Waals surface area contributed by atoms with Crippen LogP contribution in [0, 0.1) is 26.1 Å². The molecule has 1 aromatic carbocycles. The van der Waals surface area contributed by atoms with Gasteiger partial charge in [-0.3, -0.25) is 20.2 Å². The lowest BCUT2D eigenvalue weighted by molar-refractivity contribution is -0.396. The first kappa shape index (κ1) is 19.1. The first-order chi connectivity index (χ1) is 12.5. The first-order valence-electron chi connectivity index (χ1n) is 9.42. The van der Waals surface area contributed by atoms with Crippen molar-refractivity contribution < 1.29 is 9.85 Å². The van der Waals surface area contributed by atoms with Crippen LogP contribution in [-0.4, -0.2) is 26.7 Å². The predicted octanol–water partition coefficient (Wildman–Crippen LogP) is 5.34. The number of rotatable bonds is 6. The number of piperidine rings is 1. The molecule has 8 heteroatoms. The average Bonchev–Trinajstić information content (AvgIpc) is 2.64. The van der Waals surface area contributed by atoms with E-state index in [2.05, 4.69) is 4.31 Å². The van der Waals surface area contributed by atoms with E-state index in [9.17, 15) is 20.2 Å². The number of nitro benzene ring substituents is 2. The molecule has 7 nitrogen and oxygen atoms in total. The van der Waals surface area contributed by atoms with Gasteiger partial charge in [0.25, 0.3) is 11.4 Å². The molecule has 0 radical (unpaired) electrons. The van der Waals surface area contributed by atoms with E-state index < -0.39 is 9.85 Å². The predicted molar refractivity (Wildman–Crippen MR) is 101 cm³/mol. The van der Waals surface area contributed by atoms with Crippen LogP contribution >= 0.6 is 11.9 Å². The van der Waals surface area contributed by atoms with Gasteiger partial charge in [-0.15, -0.1) is 0 Å². The van der Waals surface area contributed by atoms with E-state index >= 15 is 0 Å². The van der Waals surface area contributed by atoms with Crippen LogP contribution in [-0.2, 0) is 0 Å². The fraction of sp³-hybridized carbons (Fsp3) is 0.667. The summed E-state index contributed by atoms with van der Waals surface area (Å²) >= 11 is 1.41. The van der Waals surface area contributed by atoms with Crippen LogP contribution in [0.1, 0.15) is 57.8 Å². The Labute approximate surface area is 157 Å². The van der Waals surface area contributed by atoms with E-state index in [1.165, 1.54) is 62.6 Å². The second-order valence-electron chi connectivity index (χ2n) is 7.29. The minimum Gasteiger partial charge on any atom is -0.258 e. The Morgan fingerprint density at radius 3 is 2.42 bits per heavy atom. The molecule has 0 unspecified atom stereocenters. The van der Waals surface area contributed by atoms with Crippen LogP contribution in [0.3, 0.4) is 0 Å². The van der Waals surface area contributed by atoms with Gasteiger partial charge in [0.2, 0.25) is 0 Å². The number of hydrogen-bond acceptors (Lipinski definition) is 6. The Hall–Kier alpha value is -1.67. The lowest BCUT2D eigenvalue weighted by Gasteiger charge is -2.37. The molecule has 1 aliphatic carbocycles. The number of nitrogens with zero attached hydrogens (tertiary/aromatic N) is 3. The highest BCUT2D eigenvalue weighted by Gasteiger charge is 2.29. The Kier molecular flexibility index (Phi) is 6.48. The summed E-state index contributed by atoms with van der Waals surface area (Å²) in [5, 5.41) is 22.3. The lowest BCUT2D eigenvalue weighted by Crippen LogP contribution is -2.36. The van der Waals surface area contributed by atoms with E-state index in [1.54, 1.807) is 0 Å². The summed E-state index contributed by atoms with van der Waals surface area (Å²) < 4.78 is 2.28. The van der Waals surface area contributed by atoms with Gasteiger partial charge in [0.15, 0.2) is 0 Å². The maximum Gasteiger partial charge on any atom is 0.291 e. The molecule has 0 N–H and O–H groups in total. The van der Waals surface area contributed by atoms with Crippen LogP contribution < -0.4 is 0 Å². The van der Waals surface area contributed by atoms with Gasteiger partial charge in [-0.05, 0) is 43.2 Å². The van der Waals surface area contributed by atoms with Crippen LogP contribution in [0.5, 0.6) is 0 Å². The van der Waals surface area contributed by atoms with Gasteiger partial charge in [0.05, 0.1) is 15.9 Å². The Balaban J connectivity index is 1.74. The molecular weight excluding hydrogens is 354 g/mol. The van der Waals surface area contributed by atoms with Gasteiger partial charge in [-0.25, -0.2) is 4.31 Å². The quantitative estimate of drug-likeness (QED) is 0.377. The number of nitro groups is 2. The van der Waals surface area contributed by atoms with Gasteiger partial charge in [0, 0.05) is 18.7 Å². The second-order valence-corrected chi connectivity index (χ2v) is 8.38. The van der Waals surface area contributed by atoms with E-state index in [1.807, 2.05) is 0 Å². The van der Waals surface area contributed by atoms with E-state index in [-0.39, 0.29) is 11.4 Å². The molecule has 0 aromatic heterocycles. The summed E-state index contributed by atoms with van der Waals surface area (Å²) in [6.45, 7) is 0.913. The molecule has 1 saturated carbocycles. The molecule has 0 spiro atoms. The summed E-state index contributed by atoms with van der Waals surface area (Å²) in [6, 6.07) is 4.39. The van der Waals surface area contributed by atoms with Gasteiger partial charge in [-0.1, -0.05) is 38.5 Å². The summed E-state index contributed by atoms with van der Waals surface area (Å²) in [7, 11) is 0. The minimum absolute atomic E-state index is 0.175. The molecule has 2 aliphatic rings. The molecule has 0 amide bonds. The van der Waals surface area contributed by atoms with Crippen molar-refractivity contribution in [1.82, 2.24) is 4.31 Å².